The number of fused-ring (bicyclic) bond motifs is 3. The SMILES string of the molecule is NS(=O)(=O)c1ccc(NC(=O)CSc2nc3sc4c(c3c(=O)n2-c2ccc(Cl)cc2)CCCC4)cc1. The van der Waals surface area contributed by atoms with Gasteiger partial charge in [-0.15, -0.1) is 11.3 Å². The number of nitrogens with zero attached hydrogens (tertiary/aromatic N) is 2. The first kappa shape index (κ1) is 25.0. The lowest BCUT2D eigenvalue weighted by molar-refractivity contribution is -0.113. The number of thiophene rings is 1. The number of primary sulfonamides is 1. The molecule has 0 radical (unpaired) electrons. The van der Waals surface area contributed by atoms with Crippen LogP contribution < -0.4 is 16.0 Å². The molecule has 36 heavy (non-hydrogen) atoms. The lowest BCUT2D eigenvalue weighted by Gasteiger charge is -2.14. The van der Waals surface area contributed by atoms with E-state index in [9.17, 15) is 18.0 Å². The molecular weight excluding hydrogens is 540 g/mol. The Morgan fingerprint density at radius 3 is 2.50 bits per heavy atom. The summed E-state index contributed by atoms with van der Waals surface area (Å²) in [6.07, 6.45) is 3.97. The third-order valence-electron chi connectivity index (χ3n) is 5.84. The Balaban J connectivity index is 1.46. The van der Waals surface area contributed by atoms with Crippen molar-refractivity contribution in [2.75, 3.05) is 11.1 Å². The fourth-order valence-electron chi connectivity index (χ4n) is 4.16. The fraction of sp³-hybridized carbons (Fsp3) is 0.208. The predicted molar refractivity (Wildman–Crippen MR) is 144 cm³/mol. The molecule has 2 aromatic carbocycles. The van der Waals surface area contributed by atoms with Gasteiger partial charge in [-0.25, -0.2) is 18.5 Å². The topological polar surface area (TPSA) is 124 Å². The van der Waals surface area contributed by atoms with Crippen LogP contribution in [0, 0.1) is 0 Å². The summed E-state index contributed by atoms with van der Waals surface area (Å²) in [5.41, 5.74) is 2.00. The molecule has 2 heterocycles. The van der Waals surface area contributed by atoms with E-state index in [2.05, 4.69) is 5.32 Å². The molecule has 4 aromatic rings. The summed E-state index contributed by atoms with van der Waals surface area (Å²) in [4.78, 5) is 33.1. The predicted octanol–water partition coefficient (Wildman–Crippen LogP) is 4.36. The maximum Gasteiger partial charge on any atom is 0.267 e. The molecule has 0 aliphatic heterocycles. The number of anilines is 1. The number of sulfonamides is 1. The molecule has 3 N–H and O–H groups in total. The molecule has 8 nitrogen and oxygen atoms in total. The number of carbonyl (C=O) groups is 1. The third kappa shape index (κ3) is 5.07. The molecule has 5 rings (SSSR count). The number of carbonyl (C=O) groups excluding carboxylic acids is 1. The van der Waals surface area contributed by atoms with Crippen LogP contribution in [0.15, 0.2) is 63.4 Å². The third-order valence-corrected chi connectivity index (χ3v) is 9.15. The number of benzene rings is 2. The molecule has 0 saturated heterocycles. The van der Waals surface area contributed by atoms with E-state index in [1.807, 2.05) is 0 Å². The van der Waals surface area contributed by atoms with Gasteiger partial charge in [0.05, 0.1) is 21.7 Å². The molecule has 0 saturated carbocycles. The Kier molecular flexibility index (Phi) is 6.92. The minimum absolute atomic E-state index is 0.00638. The summed E-state index contributed by atoms with van der Waals surface area (Å²) in [7, 11) is -3.82. The Labute approximate surface area is 220 Å². The average molecular weight is 561 g/mol. The van der Waals surface area contributed by atoms with Gasteiger partial charge in [0, 0.05) is 15.6 Å². The van der Waals surface area contributed by atoms with E-state index in [0.717, 1.165) is 43.0 Å². The fourth-order valence-corrected chi connectivity index (χ4v) is 6.91. The Morgan fingerprint density at radius 2 is 1.81 bits per heavy atom. The van der Waals surface area contributed by atoms with Gasteiger partial charge in [0.25, 0.3) is 5.56 Å². The number of hydrogen-bond donors (Lipinski definition) is 2. The maximum absolute atomic E-state index is 13.7. The van der Waals surface area contributed by atoms with Crippen molar-refractivity contribution in [1.82, 2.24) is 9.55 Å². The highest BCUT2D eigenvalue weighted by Gasteiger charge is 2.23. The molecule has 1 aliphatic carbocycles. The van der Waals surface area contributed by atoms with Crippen LogP contribution in [0.4, 0.5) is 5.69 Å². The van der Waals surface area contributed by atoms with Gasteiger partial charge in [0.15, 0.2) is 5.16 Å². The van der Waals surface area contributed by atoms with Crippen molar-refractivity contribution in [2.45, 2.75) is 35.7 Å². The number of aromatic nitrogens is 2. The second-order valence-electron chi connectivity index (χ2n) is 8.31. The first-order chi connectivity index (χ1) is 17.2. The van der Waals surface area contributed by atoms with Crippen LogP contribution in [0.2, 0.25) is 5.02 Å². The Morgan fingerprint density at radius 1 is 1.11 bits per heavy atom. The van der Waals surface area contributed by atoms with Gasteiger partial charge in [-0.2, -0.15) is 0 Å². The van der Waals surface area contributed by atoms with Crippen LogP contribution in [0.25, 0.3) is 15.9 Å². The summed E-state index contributed by atoms with van der Waals surface area (Å²) in [5.74, 6) is -0.334. The highest BCUT2D eigenvalue weighted by Crippen LogP contribution is 2.35. The minimum atomic E-state index is -3.82. The van der Waals surface area contributed by atoms with E-state index >= 15 is 0 Å². The summed E-state index contributed by atoms with van der Waals surface area (Å²) < 4.78 is 24.4. The number of thioether (sulfide) groups is 1. The van der Waals surface area contributed by atoms with E-state index < -0.39 is 10.0 Å². The molecular formula is C24H21ClN4O4S3. The summed E-state index contributed by atoms with van der Waals surface area (Å²) >= 11 is 8.77. The van der Waals surface area contributed by atoms with Gasteiger partial charge in [-0.3, -0.25) is 14.2 Å². The molecule has 0 atom stereocenters. The van der Waals surface area contributed by atoms with Gasteiger partial charge < -0.3 is 5.32 Å². The van der Waals surface area contributed by atoms with Crippen molar-refractivity contribution < 1.29 is 13.2 Å². The summed E-state index contributed by atoms with van der Waals surface area (Å²) in [6.45, 7) is 0. The summed E-state index contributed by atoms with van der Waals surface area (Å²) in [5, 5.41) is 9.46. The minimum Gasteiger partial charge on any atom is -0.325 e. The molecule has 2 aromatic heterocycles. The van der Waals surface area contributed by atoms with E-state index in [1.54, 1.807) is 40.2 Å². The number of nitrogens with one attached hydrogen (secondary N) is 1. The van der Waals surface area contributed by atoms with E-state index in [-0.39, 0.29) is 22.1 Å². The molecule has 186 valence electrons. The van der Waals surface area contributed by atoms with Crippen molar-refractivity contribution in [1.29, 1.82) is 0 Å². The summed E-state index contributed by atoms with van der Waals surface area (Å²) in [6, 6.07) is 12.5. The zero-order valence-corrected chi connectivity index (χ0v) is 22.1. The van der Waals surface area contributed by atoms with E-state index in [1.165, 1.54) is 29.1 Å². The van der Waals surface area contributed by atoms with Gasteiger partial charge in [-0.1, -0.05) is 23.4 Å². The highest BCUT2D eigenvalue weighted by atomic mass is 35.5. The van der Waals surface area contributed by atoms with Crippen LogP contribution in [-0.4, -0.2) is 29.6 Å². The largest absolute Gasteiger partial charge is 0.325 e. The Bertz CT molecular complexity index is 1630. The van der Waals surface area contributed by atoms with Gasteiger partial charge in [-0.05, 0) is 79.8 Å². The second-order valence-corrected chi connectivity index (χ2v) is 12.3. The molecule has 1 amide bonds. The number of rotatable bonds is 6. The molecule has 12 heteroatoms. The van der Waals surface area contributed by atoms with E-state index in [0.29, 0.717) is 31.8 Å². The van der Waals surface area contributed by atoms with Gasteiger partial charge in [0.1, 0.15) is 4.83 Å². The number of amides is 1. The number of halogens is 1. The normalized spacial score (nSPS) is 13.5. The first-order valence-corrected chi connectivity index (χ1v) is 14.8. The molecule has 0 unspecified atom stereocenters. The van der Waals surface area contributed by atoms with Crippen molar-refractivity contribution in [3.8, 4) is 5.69 Å². The van der Waals surface area contributed by atoms with Crippen LogP contribution in [0.3, 0.4) is 0 Å². The van der Waals surface area contributed by atoms with Crippen molar-refractivity contribution in [2.24, 2.45) is 5.14 Å². The quantitative estimate of drug-likeness (QED) is 0.267. The number of nitrogens with two attached hydrogens (primary N) is 1. The molecule has 0 spiro atoms. The van der Waals surface area contributed by atoms with Gasteiger partial charge in [0.2, 0.25) is 15.9 Å². The van der Waals surface area contributed by atoms with Gasteiger partial charge >= 0.3 is 0 Å². The van der Waals surface area contributed by atoms with E-state index in [4.69, 9.17) is 21.7 Å². The Hall–Kier alpha value is -2.70. The van der Waals surface area contributed by atoms with Crippen LogP contribution in [0.5, 0.6) is 0 Å². The second kappa shape index (κ2) is 9.98. The van der Waals surface area contributed by atoms with Crippen LogP contribution in [0.1, 0.15) is 23.3 Å². The van der Waals surface area contributed by atoms with Crippen LogP contribution >= 0.6 is 34.7 Å². The van der Waals surface area contributed by atoms with Crippen molar-refractivity contribution in [3.05, 3.63) is 74.3 Å². The maximum atomic E-state index is 13.7. The molecule has 1 aliphatic rings. The van der Waals surface area contributed by atoms with Crippen LogP contribution in [-0.2, 0) is 27.7 Å². The zero-order chi connectivity index (χ0) is 25.4. The lowest BCUT2D eigenvalue weighted by atomic mass is 9.97. The average Bonchev–Trinajstić information content (AvgIpc) is 3.22. The standard InChI is InChI=1S/C24H21ClN4O4S3/c25-14-5-9-16(10-6-14)29-23(31)21-18-3-1-2-4-19(18)35-22(21)28-24(29)34-13-20(30)27-15-7-11-17(12-8-15)36(26,32)33/h5-12H,1-4,13H2,(H,27,30)(H2,26,32,33). The number of aryl methyl sites for hydroxylation is 2. The smallest absolute Gasteiger partial charge is 0.267 e. The van der Waals surface area contributed by atoms with Crippen molar-refractivity contribution >= 4 is 66.5 Å². The molecule has 0 bridgehead atoms. The monoisotopic (exact) mass is 560 g/mol. The zero-order valence-electron chi connectivity index (χ0n) is 18.9. The van der Waals surface area contributed by atoms with Crippen molar-refractivity contribution in [3.63, 3.8) is 0 Å². The molecule has 0 fully saturated rings. The lowest BCUT2D eigenvalue weighted by Crippen LogP contribution is -2.23. The first-order valence-electron chi connectivity index (χ1n) is 11.1. The number of hydrogen-bond acceptors (Lipinski definition) is 7. The highest BCUT2D eigenvalue weighted by molar-refractivity contribution is 7.99.